The highest BCUT2D eigenvalue weighted by Crippen LogP contribution is 2.25. The average Bonchev–Trinajstić information content (AvgIpc) is 2.46. The topological polar surface area (TPSA) is 37.4 Å². The first-order valence-electron chi connectivity index (χ1n) is 6.80. The van der Waals surface area contributed by atoms with Crippen LogP contribution in [0.1, 0.15) is 36.5 Å². The molecule has 0 spiro atoms. The minimum Gasteiger partial charge on any atom is -0.338 e. The molecule has 0 unspecified atom stereocenters. The van der Waals surface area contributed by atoms with Crippen LogP contribution >= 0.6 is 11.6 Å². The first-order chi connectivity index (χ1) is 9.54. The molecule has 0 radical (unpaired) electrons. The standard InChI is InChI=1S/C15H17ClFNO2/c1-2-13(19)10-6-8-18(9-7-10)15(20)14-11(16)4-3-5-12(14)17/h3-5,10H,2,6-9H2,1H3. The molecule has 1 aromatic rings. The van der Waals surface area contributed by atoms with Crippen LogP contribution in [-0.2, 0) is 4.79 Å². The van der Waals surface area contributed by atoms with E-state index in [-0.39, 0.29) is 22.3 Å². The quantitative estimate of drug-likeness (QED) is 0.858. The second-order valence-corrected chi connectivity index (χ2v) is 5.39. The zero-order valence-electron chi connectivity index (χ0n) is 11.4. The molecule has 1 aliphatic heterocycles. The van der Waals surface area contributed by atoms with Crippen LogP contribution in [0.2, 0.25) is 5.02 Å². The van der Waals surface area contributed by atoms with E-state index >= 15 is 0 Å². The van der Waals surface area contributed by atoms with E-state index in [0.29, 0.717) is 32.4 Å². The Morgan fingerprint density at radius 1 is 1.35 bits per heavy atom. The molecule has 1 saturated heterocycles. The number of carbonyl (C=O) groups is 2. The average molecular weight is 298 g/mol. The van der Waals surface area contributed by atoms with E-state index in [1.807, 2.05) is 6.92 Å². The van der Waals surface area contributed by atoms with Gasteiger partial charge >= 0.3 is 0 Å². The van der Waals surface area contributed by atoms with Crippen molar-refractivity contribution >= 4 is 23.3 Å². The highest BCUT2D eigenvalue weighted by molar-refractivity contribution is 6.33. The lowest BCUT2D eigenvalue weighted by atomic mass is 9.91. The number of ketones is 1. The zero-order valence-corrected chi connectivity index (χ0v) is 12.1. The van der Waals surface area contributed by atoms with Gasteiger partial charge < -0.3 is 4.90 Å². The number of Topliss-reactive ketones (excluding diaryl/α,β-unsaturated/α-hetero) is 1. The van der Waals surface area contributed by atoms with E-state index in [2.05, 4.69) is 0 Å². The number of hydrogen-bond donors (Lipinski definition) is 0. The summed E-state index contributed by atoms with van der Waals surface area (Å²) < 4.78 is 13.7. The molecular weight excluding hydrogens is 281 g/mol. The highest BCUT2D eigenvalue weighted by atomic mass is 35.5. The van der Waals surface area contributed by atoms with Gasteiger partial charge in [0.25, 0.3) is 5.91 Å². The first kappa shape index (κ1) is 15.0. The van der Waals surface area contributed by atoms with Crippen molar-refractivity contribution in [3.8, 4) is 0 Å². The van der Waals surface area contributed by atoms with Gasteiger partial charge in [-0.15, -0.1) is 0 Å². The van der Waals surface area contributed by atoms with Crippen molar-refractivity contribution in [3.63, 3.8) is 0 Å². The third-order valence-corrected chi connectivity index (χ3v) is 4.08. The lowest BCUT2D eigenvalue weighted by Crippen LogP contribution is -2.40. The summed E-state index contributed by atoms with van der Waals surface area (Å²) in [6.45, 7) is 2.79. The number of rotatable bonds is 3. The van der Waals surface area contributed by atoms with Gasteiger partial charge in [0.2, 0.25) is 0 Å². The fraction of sp³-hybridized carbons (Fsp3) is 0.467. The predicted octanol–water partition coefficient (Wildman–Crippen LogP) is 3.31. The van der Waals surface area contributed by atoms with Crippen molar-refractivity contribution in [2.75, 3.05) is 13.1 Å². The minimum atomic E-state index is -0.603. The lowest BCUT2D eigenvalue weighted by Gasteiger charge is -2.31. The summed E-state index contributed by atoms with van der Waals surface area (Å²) >= 11 is 5.90. The molecule has 1 aromatic carbocycles. The van der Waals surface area contributed by atoms with Gasteiger partial charge in [-0.05, 0) is 25.0 Å². The number of halogens is 2. The van der Waals surface area contributed by atoms with Crippen molar-refractivity contribution in [1.29, 1.82) is 0 Å². The van der Waals surface area contributed by atoms with Crippen molar-refractivity contribution in [2.24, 2.45) is 5.92 Å². The summed E-state index contributed by atoms with van der Waals surface area (Å²) in [5.74, 6) is -0.731. The van der Waals surface area contributed by atoms with Crippen LogP contribution in [0.5, 0.6) is 0 Å². The molecular formula is C15H17ClFNO2. The second-order valence-electron chi connectivity index (χ2n) is 4.98. The monoisotopic (exact) mass is 297 g/mol. The second kappa shape index (κ2) is 6.35. The Morgan fingerprint density at radius 3 is 2.55 bits per heavy atom. The Hall–Kier alpha value is -1.42. The normalized spacial score (nSPS) is 16.2. The van der Waals surface area contributed by atoms with Gasteiger partial charge in [-0.2, -0.15) is 0 Å². The Morgan fingerprint density at radius 2 is 2.00 bits per heavy atom. The molecule has 5 heteroatoms. The fourth-order valence-corrected chi connectivity index (χ4v) is 2.80. The van der Waals surface area contributed by atoms with Gasteiger partial charge in [0.1, 0.15) is 11.6 Å². The van der Waals surface area contributed by atoms with E-state index < -0.39 is 11.7 Å². The van der Waals surface area contributed by atoms with E-state index in [9.17, 15) is 14.0 Å². The molecule has 0 aromatic heterocycles. The van der Waals surface area contributed by atoms with Crippen LogP contribution < -0.4 is 0 Å². The number of likely N-dealkylation sites (tertiary alicyclic amines) is 1. The van der Waals surface area contributed by atoms with E-state index in [1.54, 1.807) is 4.90 Å². The van der Waals surface area contributed by atoms with Crippen LogP contribution in [0, 0.1) is 11.7 Å². The van der Waals surface area contributed by atoms with Crippen molar-refractivity contribution in [3.05, 3.63) is 34.6 Å². The lowest BCUT2D eigenvalue weighted by molar-refractivity contribution is -0.123. The first-order valence-corrected chi connectivity index (χ1v) is 7.18. The van der Waals surface area contributed by atoms with Crippen molar-refractivity contribution in [1.82, 2.24) is 4.90 Å². The third kappa shape index (κ3) is 3.01. The fourth-order valence-electron chi connectivity index (χ4n) is 2.55. The van der Waals surface area contributed by atoms with Gasteiger partial charge in [-0.3, -0.25) is 9.59 Å². The van der Waals surface area contributed by atoms with Crippen LogP contribution in [-0.4, -0.2) is 29.7 Å². The summed E-state index contributed by atoms with van der Waals surface area (Å²) in [7, 11) is 0. The molecule has 0 atom stereocenters. The van der Waals surface area contributed by atoms with Gasteiger partial charge in [-0.1, -0.05) is 24.6 Å². The van der Waals surface area contributed by atoms with E-state index in [0.717, 1.165) is 0 Å². The molecule has 0 saturated carbocycles. The Balaban J connectivity index is 2.07. The third-order valence-electron chi connectivity index (χ3n) is 3.76. The number of hydrogen-bond acceptors (Lipinski definition) is 2. The SMILES string of the molecule is CCC(=O)C1CCN(C(=O)c2c(F)cccc2Cl)CC1. The molecule has 1 fully saturated rings. The molecule has 1 amide bonds. The van der Waals surface area contributed by atoms with Crippen LogP contribution in [0.25, 0.3) is 0 Å². The minimum absolute atomic E-state index is 0.0279. The molecule has 0 bridgehead atoms. The number of amides is 1. The molecule has 1 heterocycles. The number of nitrogens with zero attached hydrogens (tertiary/aromatic N) is 1. The van der Waals surface area contributed by atoms with Crippen molar-refractivity contribution in [2.45, 2.75) is 26.2 Å². The van der Waals surface area contributed by atoms with Crippen LogP contribution in [0.3, 0.4) is 0 Å². The summed E-state index contributed by atoms with van der Waals surface area (Å²) in [5, 5.41) is 0.127. The van der Waals surface area contributed by atoms with Gasteiger partial charge in [0.05, 0.1) is 10.6 Å². The van der Waals surface area contributed by atoms with E-state index in [4.69, 9.17) is 11.6 Å². The highest BCUT2D eigenvalue weighted by Gasteiger charge is 2.28. The maximum atomic E-state index is 13.7. The Bertz CT molecular complexity index is 504. The van der Waals surface area contributed by atoms with E-state index in [1.165, 1.54) is 18.2 Å². The van der Waals surface area contributed by atoms with Crippen LogP contribution in [0.4, 0.5) is 4.39 Å². The molecule has 1 aliphatic rings. The van der Waals surface area contributed by atoms with Gasteiger partial charge in [0, 0.05) is 25.4 Å². The molecule has 3 nitrogen and oxygen atoms in total. The molecule has 2 rings (SSSR count). The Kier molecular flexibility index (Phi) is 4.76. The smallest absolute Gasteiger partial charge is 0.258 e. The van der Waals surface area contributed by atoms with Gasteiger partial charge in [0.15, 0.2) is 0 Å². The summed E-state index contributed by atoms with van der Waals surface area (Å²) in [6, 6.07) is 4.21. The predicted molar refractivity (Wildman–Crippen MR) is 75.3 cm³/mol. The van der Waals surface area contributed by atoms with Gasteiger partial charge in [-0.25, -0.2) is 4.39 Å². The molecule has 0 aliphatic carbocycles. The van der Waals surface area contributed by atoms with Crippen molar-refractivity contribution < 1.29 is 14.0 Å². The Labute approximate surface area is 122 Å². The number of piperidine rings is 1. The summed E-state index contributed by atoms with van der Waals surface area (Å²) in [6.07, 6.45) is 1.81. The largest absolute Gasteiger partial charge is 0.338 e. The summed E-state index contributed by atoms with van der Waals surface area (Å²) in [4.78, 5) is 25.5. The molecule has 0 N–H and O–H groups in total. The zero-order chi connectivity index (χ0) is 14.7. The van der Waals surface area contributed by atoms with Crippen LogP contribution in [0.15, 0.2) is 18.2 Å². The molecule has 20 heavy (non-hydrogen) atoms. The maximum Gasteiger partial charge on any atom is 0.258 e. The summed E-state index contributed by atoms with van der Waals surface area (Å²) in [5.41, 5.74) is -0.0746. The number of carbonyl (C=O) groups excluding carboxylic acids is 2. The molecule has 108 valence electrons. The maximum absolute atomic E-state index is 13.7. The number of benzene rings is 1.